The lowest BCUT2D eigenvalue weighted by molar-refractivity contribution is -0.149. The van der Waals surface area contributed by atoms with E-state index in [9.17, 15) is 22.8 Å². The van der Waals surface area contributed by atoms with Crippen LogP contribution in [0.3, 0.4) is 0 Å². The number of aromatic nitrogens is 1. The van der Waals surface area contributed by atoms with Crippen LogP contribution in [-0.4, -0.2) is 85.5 Å². The number of hydrogen-bond donors (Lipinski definition) is 1. The molecule has 1 N–H and O–H groups in total. The van der Waals surface area contributed by atoms with Crippen molar-refractivity contribution in [1.29, 1.82) is 0 Å². The lowest BCUT2D eigenvalue weighted by Crippen LogP contribution is -2.63. The summed E-state index contributed by atoms with van der Waals surface area (Å²) in [6.45, 7) is 0.118. The highest BCUT2D eigenvalue weighted by Gasteiger charge is 2.41. The van der Waals surface area contributed by atoms with Gasteiger partial charge in [-0.25, -0.2) is 13.2 Å². The van der Waals surface area contributed by atoms with Gasteiger partial charge in [-0.2, -0.15) is 4.31 Å². The van der Waals surface area contributed by atoms with Crippen LogP contribution in [0.4, 0.5) is 0 Å². The molecule has 1 saturated heterocycles. The van der Waals surface area contributed by atoms with Crippen LogP contribution in [0, 0.1) is 5.92 Å². The molecule has 2 aliphatic rings. The predicted octanol–water partition coefficient (Wildman–Crippen LogP) is 0.335. The number of methoxy groups -OCH3 is 1. The first kappa shape index (κ1) is 25.1. The predicted molar refractivity (Wildman–Crippen MR) is 120 cm³/mol. The Morgan fingerprint density at radius 2 is 1.94 bits per heavy atom. The van der Waals surface area contributed by atoms with E-state index in [-0.39, 0.29) is 37.9 Å². The van der Waals surface area contributed by atoms with Crippen molar-refractivity contribution in [3.63, 3.8) is 0 Å². The minimum Gasteiger partial charge on any atom is -0.467 e. The van der Waals surface area contributed by atoms with E-state index in [2.05, 4.69) is 10.3 Å². The number of amides is 2. The second-order valence-corrected chi connectivity index (χ2v) is 10.6. The van der Waals surface area contributed by atoms with Crippen LogP contribution >= 0.6 is 0 Å². The summed E-state index contributed by atoms with van der Waals surface area (Å²) < 4.78 is 30.4. The van der Waals surface area contributed by atoms with E-state index in [1.54, 1.807) is 24.5 Å². The van der Waals surface area contributed by atoms with Crippen molar-refractivity contribution < 1.29 is 27.5 Å². The summed E-state index contributed by atoms with van der Waals surface area (Å²) in [5.41, 5.74) is 0.727. The third-order valence-electron chi connectivity index (χ3n) is 6.32. The van der Waals surface area contributed by atoms with Crippen LogP contribution in [0.2, 0.25) is 0 Å². The number of carbonyl (C=O) groups excluding carboxylic acids is 3. The molecule has 1 aliphatic carbocycles. The Morgan fingerprint density at radius 1 is 1.21 bits per heavy atom. The number of sulfonamides is 1. The smallest absolute Gasteiger partial charge is 0.328 e. The fourth-order valence-electron chi connectivity index (χ4n) is 4.49. The molecule has 0 spiro atoms. The van der Waals surface area contributed by atoms with Gasteiger partial charge in [0.15, 0.2) is 0 Å². The molecule has 1 aromatic rings. The monoisotopic (exact) mass is 480 g/mol. The van der Waals surface area contributed by atoms with E-state index in [1.165, 1.54) is 16.3 Å². The fourth-order valence-corrected chi connectivity index (χ4v) is 5.31. The molecule has 33 heavy (non-hydrogen) atoms. The number of rotatable bonds is 7. The van der Waals surface area contributed by atoms with Gasteiger partial charge in [0.1, 0.15) is 12.1 Å². The molecule has 2 atom stereocenters. The Kier molecular flexibility index (Phi) is 8.41. The van der Waals surface area contributed by atoms with Crippen molar-refractivity contribution in [1.82, 2.24) is 19.5 Å². The molecule has 2 heterocycles. The second-order valence-electron chi connectivity index (χ2n) is 8.65. The Hall–Kier alpha value is -2.53. The first-order valence-corrected chi connectivity index (χ1v) is 13.1. The standard InChI is InChI=1S/C22H32N4O6S/c1-32-22(29)18(13-16-7-6-10-23-14-16)24-20(27)19-15-25(33(2,30)31)11-12-26(19)21(28)17-8-4-3-5-9-17/h6-7,10,14,17-19H,3-5,8-9,11-13,15H2,1-2H3,(H,24,27)/t18-,19+/m1/s1. The van der Waals surface area contributed by atoms with Gasteiger partial charge in [-0.05, 0) is 24.5 Å². The van der Waals surface area contributed by atoms with Gasteiger partial charge in [0.2, 0.25) is 21.8 Å². The number of nitrogens with one attached hydrogen (secondary N) is 1. The number of ether oxygens (including phenoxy) is 1. The summed E-state index contributed by atoms with van der Waals surface area (Å²) in [5, 5.41) is 2.69. The average molecular weight is 481 g/mol. The molecule has 3 rings (SSSR count). The molecule has 1 saturated carbocycles. The largest absolute Gasteiger partial charge is 0.467 e. The van der Waals surface area contributed by atoms with Crippen LogP contribution in [0.5, 0.6) is 0 Å². The summed E-state index contributed by atoms with van der Waals surface area (Å²) in [6.07, 6.45) is 8.99. The van der Waals surface area contributed by atoms with Crippen molar-refractivity contribution in [2.24, 2.45) is 5.92 Å². The molecule has 1 aliphatic heterocycles. The Balaban J connectivity index is 1.81. The maximum Gasteiger partial charge on any atom is 0.328 e. The van der Waals surface area contributed by atoms with Crippen LogP contribution in [0.1, 0.15) is 37.7 Å². The van der Waals surface area contributed by atoms with E-state index in [1.807, 2.05) is 0 Å². The van der Waals surface area contributed by atoms with E-state index >= 15 is 0 Å². The van der Waals surface area contributed by atoms with Crippen LogP contribution in [0.25, 0.3) is 0 Å². The lowest BCUT2D eigenvalue weighted by atomic mass is 9.87. The third-order valence-corrected chi connectivity index (χ3v) is 7.59. The Morgan fingerprint density at radius 3 is 2.55 bits per heavy atom. The van der Waals surface area contributed by atoms with Gasteiger partial charge in [-0.1, -0.05) is 25.3 Å². The fraction of sp³-hybridized carbons (Fsp3) is 0.636. The van der Waals surface area contributed by atoms with E-state index in [0.717, 1.165) is 43.9 Å². The molecule has 2 amide bonds. The van der Waals surface area contributed by atoms with Crippen molar-refractivity contribution in [2.75, 3.05) is 33.0 Å². The van der Waals surface area contributed by atoms with Crippen molar-refractivity contribution in [3.8, 4) is 0 Å². The molecule has 0 aromatic carbocycles. The minimum atomic E-state index is -3.55. The van der Waals surface area contributed by atoms with Crippen LogP contribution in [-0.2, 0) is 35.6 Å². The summed E-state index contributed by atoms with van der Waals surface area (Å²) in [7, 11) is -2.32. The van der Waals surface area contributed by atoms with Gasteiger partial charge < -0.3 is 15.0 Å². The second kappa shape index (κ2) is 11.1. The Bertz CT molecular complexity index is 949. The van der Waals surface area contributed by atoms with Crippen LogP contribution < -0.4 is 5.32 Å². The highest BCUT2D eigenvalue weighted by molar-refractivity contribution is 7.88. The number of piperazine rings is 1. The Labute approximate surface area is 194 Å². The summed E-state index contributed by atoms with van der Waals surface area (Å²) in [6, 6.07) is 1.48. The molecule has 2 fully saturated rings. The first-order chi connectivity index (χ1) is 15.7. The molecule has 11 heteroatoms. The third kappa shape index (κ3) is 6.50. The van der Waals surface area contributed by atoms with Gasteiger partial charge in [0.25, 0.3) is 0 Å². The summed E-state index contributed by atoms with van der Waals surface area (Å²) >= 11 is 0. The van der Waals surface area contributed by atoms with Gasteiger partial charge in [-0.3, -0.25) is 14.6 Å². The highest BCUT2D eigenvalue weighted by atomic mass is 32.2. The SMILES string of the molecule is COC(=O)[C@@H](Cc1cccnc1)NC(=O)[C@@H]1CN(S(C)(=O)=O)CCN1C(=O)C1CCCCC1. The molecule has 1 aromatic heterocycles. The highest BCUT2D eigenvalue weighted by Crippen LogP contribution is 2.27. The van der Waals surface area contributed by atoms with E-state index in [0.29, 0.717) is 0 Å². The zero-order valence-electron chi connectivity index (χ0n) is 19.1. The quantitative estimate of drug-likeness (QED) is 0.558. The molecular formula is C22H32N4O6S. The molecule has 0 unspecified atom stereocenters. The molecule has 10 nitrogen and oxygen atoms in total. The zero-order chi connectivity index (χ0) is 24.0. The van der Waals surface area contributed by atoms with Crippen molar-refractivity contribution in [3.05, 3.63) is 30.1 Å². The summed E-state index contributed by atoms with van der Waals surface area (Å²) in [5.74, 6) is -1.49. The van der Waals surface area contributed by atoms with Gasteiger partial charge in [0, 0.05) is 44.4 Å². The molecule has 0 radical (unpaired) electrons. The van der Waals surface area contributed by atoms with Gasteiger partial charge >= 0.3 is 5.97 Å². The maximum atomic E-state index is 13.3. The van der Waals surface area contributed by atoms with E-state index in [4.69, 9.17) is 4.74 Å². The molecule has 0 bridgehead atoms. The number of carbonyl (C=O) groups is 3. The number of nitrogens with zero attached hydrogens (tertiary/aromatic N) is 3. The van der Waals surface area contributed by atoms with Gasteiger partial charge in [-0.15, -0.1) is 0 Å². The van der Waals surface area contributed by atoms with E-state index < -0.39 is 34.0 Å². The number of hydrogen-bond acceptors (Lipinski definition) is 7. The van der Waals surface area contributed by atoms with Crippen molar-refractivity contribution in [2.45, 2.75) is 50.6 Å². The minimum absolute atomic E-state index is 0.120. The topological polar surface area (TPSA) is 126 Å². The normalized spacial score (nSPS) is 21.3. The summed E-state index contributed by atoms with van der Waals surface area (Å²) in [4.78, 5) is 44.5. The maximum absolute atomic E-state index is 13.3. The number of esters is 1. The molecule has 182 valence electrons. The first-order valence-electron chi connectivity index (χ1n) is 11.2. The zero-order valence-corrected chi connectivity index (χ0v) is 19.9. The van der Waals surface area contributed by atoms with Gasteiger partial charge in [0.05, 0.1) is 13.4 Å². The van der Waals surface area contributed by atoms with Crippen molar-refractivity contribution >= 4 is 27.8 Å². The molecular weight excluding hydrogens is 448 g/mol. The average Bonchev–Trinajstić information content (AvgIpc) is 2.82. The number of pyridine rings is 1. The lowest BCUT2D eigenvalue weighted by Gasteiger charge is -2.41. The van der Waals surface area contributed by atoms with Crippen LogP contribution in [0.15, 0.2) is 24.5 Å².